The summed E-state index contributed by atoms with van der Waals surface area (Å²) in [6.45, 7) is 4.42. The van der Waals surface area contributed by atoms with Crippen molar-refractivity contribution < 1.29 is 14.3 Å². The van der Waals surface area contributed by atoms with Gasteiger partial charge >= 0.3 is 0 Å². The molecule has 0 saturated heterocycles. The third-order valence-electron chi connectivity index (χ3n) is 7.56. The second-order valence-electron chi connectivity index (χ2n) is 11.0. The number of halogens is 2. The van der Waals surface area contributed by atoms with Crippen molar-refractivity contribution in [2.24, 2.45) is 11.1 Å². The molecule has 11 heteroatoms. The number of hydrogen-bond acceptors (Lipinski definition) is 7. The largest absolute Gasteiger partial charge is 0.444 e. The third kappa shape index (κ3) is 3.98. The molecule has 6 rings (SSSR count). The Morgan fingerprint density at radius 3 is 2.52 bits per heavy atom. The predicted molar refractivity (Wildman–Crippen MR) is 148 cm³/mol. The summed E-state index contributed by atoms with van der Waals surface area (Å²) in [6.07, 6.45) is 2.33. The van der Waals surface area contributed by atoms with Crippen molar-refractivity contribution in [2.45, 2.75) is 45.2 Å². The van der Waals surface area contributed by atoms with Crippen LogP contribution in [-0.2, 0) is 32.8 Å². The van der Waals surface area contributed by atoms with Crippen LogP contribution >= 0.6 is 23.2 Å². The third-order valence-corrected chi connectivity index (χ3v) is 8.05. The number of ketones is 1. The van der Waals surface area contributed by atoms with Gasteiger partial charge in [0.2, 0.25) is 11.8 Å². The number of hydrogen-bond donors (Lipinski definition) is 1. The van der Waals surface area contributed by atoms with Gasteiger partial charge in [0.05, 0.1) is 24.9 Å². The number of carbonyl (C=O) groups excluding carboxylic acids is 2. The minimum atomic E-state index is -1.76. The number of ether oxygens (including phenoxy) is 1. The zero-order valence-corrected chi connectivity index (χ0v) is 23.3. The molecule has 1 spiro atoms. The van der Waals surface area contributed by atoms with Crippen LogP contribution in [0.15, 0.2) is 71.4 Å². The van der Waals surface area contributed by atoms with Crippen molar-refractivity contribution >= 4 is 40.6 Å². The molecule has 1 amide bonds. The first-order valence-corrected chi connectivity index (χ1v) is 13.4. The number of aromatic nitrogens is 3. The minimum Gasteiger partial charge on any atom is -0.444 e. The first-order chi connectivity index (χ1) is 19.0. The molecule has 2 aromatic carbocycles. The summed E-state index contributed by atoms with van der Waals surface area (Å²) in [5, 5.41) is 19.8. The molecule has 1 aliphatic carbocycles. The van der Waals surface area contributed by atoms with Gasteiger partial charge in [-0.05, 0) is 41.3 Å². The summed E-state index contributed by atoms with van der Waals surface area (Å²) in [5.74, 6) is -0.628. The number of amides is 1. The smallest absolute Gasteiger partial charge is 0.248 e. The number of fused-ring (bicyclic) bond motifs is 3. The van der Waals surface area contributed by atoms with E-state index >= 15 is 0 Å². The van der Waals surface area contributed by atoms with Crippen molar-refractivity contribution in [1.29, 1.82) is 5.26 Å². The average molecular weight is 575 g/mol. The summed E-state index contributed by atoms with van der Waals surface area (Å²) in [5.41, 5.74) is 6.57. The molecule has 40 heavy (non-hydrogen) atoms. The highest BCUT2D eigenvalue weighted by Crippen LogP contribution is 2.57. The summed E-state index contributed by atoms with van der Waals surface area (Å²) in [4.78, 5) is 29.8. The van der Waals surface area contributed by atoms with Crippen molar-refractivity contribution in [3.05, 3.63) is 98.3 Å². The molecule has 2 N–H and O–H groups in total. The Balaban J connectivity index is 1.45. The number of carbonyl (C=O) groups is 2. The highest BCUT2D eigenvalue weighted by atomic mass is 35.5. The van der Waals surface area contributed by atoms with Crippen LogP contribution in [0.1, 0.15) is 43.5 Å². The van der Waals surface area contributed by atoms with Crippen LogP contribution in [0.2, 0.25) is 10.0 Å². The van der Waals surface area contributed by atoms with Gasteiger partial charge in [-0.2, -0.15) is 5.26 Å². The van der Waals surface area contributed by atoms with Gasteiger partial charge in [0.1, 0.15) is 28.5 Å². The second-order valence-corrected chi connectivity index (χ2v) is 11.9. The van der Waals surface area contributed by atoms with Crippen LogP contribution in [0.5, 0.6) is 0 Å². The number of nitrogens with zero attached hydrogens (tertiary/aromatic N) is 5. The molecule has 1 unspecified atom stereocenters. The van der Waals surface area contributed by atoms with E-state index in [2.05, 4.69) is 16.4 Å². The molecule has 3 aliphatic rings. The molecule has 1 aromatic heterocycles. The SMILES string of the molecule is CC1(C)CC(=O)C2=C(C1)OC(N)=C(C#N)C21C(=O)N(Cc2cn(Cc3ccc(Cl)cc3)nn2)c2ccc(Cl)cc21. The number of rotatable bonds is 4. The van der Waals surface area contributed by atoms with E-state index in [1.54, 1.807) is 41.2 Å². The summed E-state index contributed by atoms with van der Waals surface area (Å²) in [7, 11) is 0. The molecule has 0 saturated carbocycles. The van der Waals surface area contributed by atoms with Crippen LogP contribution in [0, 0.1) is 16.7 Å². The highest BCUT2D eigenvalue weighted by molar-refractivity contribution is 6.31. The Kier molecular flexibility index (Phi) is 6.02. The number of nitrogens with two attached hydrogens (primary N) is 1. The second kappa shape index (κ2) is 9.22. The molecule has 202 valence electrons. The van der Waals surface area contributed by atoms with Crippen LogP contribution in [0.3, 0.4) is 0 Å². The maximum absolute atomic E-state index is 14.6. The van der Waals surface area contributed by atoms with E-state index in [0.29, 0.717) is 45.7 Å². The molecule has 0 bridgehead atoms. The number of allylic oxidation sites excluding steroid dienone is 1. The van der Waals surface area contributed by atoms with Crippen LogP contribution in [-0.4, -0.2) is 26.7 Å². The first-order valence-electron chi connectivity index (χ1n) is 12.6. The van der Waals surface area contributed by atoms with E-state index < -0.39 is 16.7 Å². The molecule has 9 nitrogen and oxygen atoms in total. The van der Waals surface area contributed by atoms with E-state index in [9.17, 15) is 14.9 Å². The minimum absolute atomic E-state index is 0.0532. The quantitative estimate of drug-likeness (QED) is 0.474. The van der Waals surface area contributed by atoms with Gasteiger partial charge in [0, 0.05) is 34.1 Å². The normalized spacial score (nSPS) is 21.4. The molecule has 0 radical (unpaired) electrons. The van der Waals surface area contributed by atoms with Crippen molar-refractivity contribution in [2.75, 3.05) is 4.90 Å². The lowest BCUT2D eigenvalue weighted by Crippen LogP contribution is -2.50. The molecule has 0 fully saturated rings. The van der Waals surface area contributed by atoms with Crippen LogP contribution < -0.4 is 10.6 Å². The Bertz CT molecular complexity index is 1700. The highest BCUT2D eigenvalue weighted by Gasteiger charge is 2.63. The Labute approximate surface area is 240 Å². The summed E-state index contributed by atoms with van der Waals surface area (Å²) >= 11 is 12.4. The van der Waals surface area contributed by atoms with E-state index in [-0.39, 0.29) is 35.8 Å². The molecule has 3 aromatic rings. The monoisotopic (exact) mass is 574 g/mol. The number of benzene rings is 2. The molecular weight excluding hydrogens is 551 g/mol. The van der Waals surface area contributed by atoms with Crippen LogP contribution in [0.4, 0.5) is 5.69 Å². The van der Waals surface area contributed by atoms with E-state index in [0.717, 1.165) is 5.56 Å². The van der Waals surface area contributed by atoms with Crippen LogP contribution in [0.25, 0.3) is 0 Å². The van der Waals surface area contributed by atoms with E-state index in [1.165, 1.54) is 4.90 Å². The maximum Gasteiger partial charge on any atom is 0.248 e. The zero-order chi connectivity index (χ0) is 28.4. The maximum atomic E-state index is 14.6. The fourth-order valence-electron chi connectivity index (χ4n) is 5.94. The van der Waals surface area contributed by atoms with Gasteiger partial charge in [0.15, 0.2) is 5.78 Å². The van der Waals surface area contributed by atoms with Gasteiger partial charge in [-0.25, -0.2) is 4.68 Å². The Morgan fingerprint density at radius 1 is 1.07 bits per heavy atom. The fourth-order valence-corrected chi connectivity index (χ4v) is 6.24. The van der Waals surface area contributed by atoms with Crippen molar-refractivity contribution in [3.8, 4) is 6.07 Å². The number of nitriles is 1. The van der Waals surface area contributed by atoms with Crippen molar-refractivity contribution in [1.82, 2.24) is 15.0 Å². The van der Waals surface area contributed by atoms with Gasteiger partial charge < -0.3 is 15.4 Å². The predicted octanol–water partition coefficient (Wildman–Crippen LogP) is 4.79. The Hall–Kier alpha value is -4.13. The zero-order valence-electron chi connectivity index (χ0n) is 21.7. The lowest BCUT2D eigenvalue weighted by molar-refractivity contribution is -0.125. The Morgan fingerprint density at radius 2 is 1.80 bits per heavy atom. The average Bonchev–Trinajstić information content (AvgIpc) is 3.41. The van der Waals surface area contributed by atoms with E-state index in [4.69, 9.17) is 33.7 Å². The first kappa shape index (κ1) is 26.1. The fraction of sp³-hybridized carbons (Fsp3) is 0.276. The number of Topliss-reactive ketones (excluding diaryl/α,β-unsaturated/α-hetero) is 1. The van der Waals surface area contributed by atoms with Gasteiger partial charge in [-0.15, -0.1) is 5.10 Å². The lowest BCUT2D eigenvalue weighted by Gasteiger charge is -2.41. The molecular formula is C29H24Cl2N6O3. The molecule has 1 atom stereocenters. The molecule has 3 heterocycles. The van der Waals surface area contributed by atoms with E-state index in [1.807, 2.05) is 26.0 Å². The lowest BCUT2D eigenvalue weighted by atomic mass is 9.62. The number of anilines is 1. The van der Waals surface area contributed by atoms with Gasteiger partial charge in [-0.1, -0.05) is 54.4 Å². The van der Waals surface area contributed by atoms with Gasteiger partial charge in [0.25, 0.3) is 0 Å². The summed E-state index contributed by atoms with van der Waals surface area (Å²) < 4.78 is 7.52. The molecule has 2 aliphatic heterocycles. The summed E-state index contributed by atoms with van der Waals surface area (Å²) in [6, 6.07) is 14.5. The van der Waals surface area contributed by atoms with Crippen molar-refractivity contribution in [3.63, 3.8) is 0 Å². The topological polar surface area (TPSA) is 127 Å². The van der Waals surface area contributed by atoms with Gasteiger partial charge in [-0.3, -0.25) is 9.59 Å². The standard InChI is InChI=1S/C29H24Cl2N6O3/c1-28(2)10-23(38)25-24(11-28)40-26(33)21(12-32)29(25)20-9-18(31)7-8-22(20)37(27(29)39)15-19-14-36(35-34-19)13-16-3-5-17(30)6-4-16/h3-9,14H,10-11,13,15,33H2,1-2H3.